The van der Waals surface area contributed by atoms with Gasteiger partial charge in [-0.05, 0) is 33.8 Å². The minimum atomic E-state index is -3.80. The van der Waals surface area contributed by atoms with Crippen LogP contribution < -0.4 is 4.72 Å². The second-order valence-electron chi connectivity index (χ2n) is 5.00. The third kappa shape index (κ3) is 3.03. The van der Waals surface area contributed by atoms with Gasteiger partial charge in [-0.25, -0.2) is 8.42 Å². The Morgan fingerprint density at radius 1 is 1.33 bits per heavy atom. The molecule has 0 aromatic carbocycles. The van der Waals surface area contributed by atoms with Gasteiger partial charge in [-0.1, -0.05) is 11.6 Å². The molecule has 0 spiro atoms. The summed E-state index contributed by atoms with van der Waals surface area (Å²) in [4.78, 5) is 3.75. The van der Waals surface area contributed by atoms with E-state index < -0.39 is 10.0 Å². The van der Waals surface area contributed by atoms with Crippen molar-refractivity contribution in [2.24, 2.45) is 0 Å². The molecule has 0 bridgehead atoms. The van der Waals surface area contributed by atoms with Gasteiger partial charge in [0.25, 0.3) is 10.0 Å². The molecule has 0 amide bonds. The van der Waals surface area contributed by atoms with E-state index in [9.17, 15) is 8.42 Å². The van der Waals surface area contributed by atoms with Crippen LogP contribution >= 0.6 is 11.6 Å². The molecule has 0 atom stereocenters. The van der Waals surface area contributed by atoms with Crippen LogP contribution in [-0.4, -0.2) is 23.2 Å². The van der Waals surface area contributed by atoms with Crippen molar-refractivity contribution in [2.75, 3.05) is 4.72 Å². The van der Waals surface area contributed by atoms with Gasteiger partial charge < -0.3 is 0 Å². The number of nitrogens with one attached hydrogen (secondary N) is 1. The van der Waals surface area contributed by atoms with Crippen LogP contribution in [0.2, 0.25) is 5.02 Å². The zero-order valence-electron chi connectivity index (χ0n) is 12.3. The Bertz CT molecular complexity index is 768. The molecule has 0 unspecified atom stereocenters. The molecule has 2 aromatic rings. The first-order chi connectivity index (χ1) is 9.74. The van der Waals surface area contributed by atoms with E-state index in [2.05, 4.69) is 14.8 Å². The number of nitrogens with zero attached hydrogens (tertiary/aromatic N) is 3. The SMILES string of the molecule is Cc1nn(C(C)C)c(C)c1NS(=O)(=O)c1cnccc1Cl. The Labute approximate surface area is 129 Å². The van der Waals surface area contributed by atoms with Crippen LogP contribution in [0.1, 0.15) is 31.3 Å². The van der Waals surface area contributed by atoms with E-state index in [0.29, 0.717) is 11.4 Å². The van der Waals surface area contributed by atoms with Gasteiger partial charge in [0.1, 0.15) is 4.90 Å². The van der Waals surface area contributed by atoms with Crippen molar-refractivity contribution in [3.8, 4) is 0 Å². The maximum absolute atomic E-state index is 12.4. The normalized spacial score (nSPS) is 11.9. The summed E-state index contributed by atoms with van der Waals surface area (Å²) in [5.74, 6) is 0. The number of pyridine rings is 1. The quantitative estimate of drug-likeness (QED) is 0.936. The Kier molecular flexibility index (Phi) is 4.25. The fourth-order valence-corrected chi connectivity index (χ4v) is 3.67. The molecule has 1 N–H and O–H groups in total. The first kappa shape index (κ1) is 15.8. The second kappa shape index (κ2) is 5.65. The predicted octanol–water partition coefficient (Wildman–Crippen LogP) is 2.93. The van der Waals surface area contributed by atoms with Crippen LogP contribution in [0.3, 0.4) is 0 Å². The number of sulfonamides is 1. The van der Waals surface area contributed by atoms with E-state index in [0.717, 1.165) is 5.69 Å². The molecule has 0 radical (unpaired) electrons. The largest absolute Gasteiger partial charge is 0.276 e. The topological polar surface area (TPSA) is 76.9 Å². The van der Waals surface area contributed by atoms with Crippen molar-refractivity contribution in [3.63, 3.8) is 0 Å². The van der Waals surface area contributed by atoms with Crippen molar-refractivity contribution in [3.05, 3.63) is 34.9 Å². The maximum Gasteiger partial charge on any atom is 0.265 e. The summed E-state index contributed by atoms with van der Waals surface area (Å²) >= 11 is 5.93. The fraction of sp³-hybridized carbons (Fsp3) is 0.385. The van der Waals surface area contributed by atoms with Gasteiger partial charge in [0.15, 0.2) is 0 Å². The number of aryl methyl sites for hydroxylation is 1. The maximum atomic E-state index is 12.4. The smallest absolute Gasteiger partial charge is 0.265 e. The molecule has 0 aliphatic heterocycles. The molecule has 2 rings (SSSR count). The molecule has 0 saturated heterocycles. The van der Waals surface area contributed by atoms with E-state index in [1.165, 1.54) is 18.5 Å². The minimum absolute atomic E-state index is 0.0530. The first-order valence-electron chi connectivity index (χ1n) is 6.42. The summed E-state index contributed by atoms with van der Waals surface area (Å²) in [7, 11) is -3.80. The van der Waals surface area contributed by atoms with Crippen LogP contribution in [-0.2, 0) is 10.0 Å². The number of anilines is 1. The van der Waals surface area contributed by atoms with Crippen LogP contribution in [0.25, 0.3) is 0 Å². The van der Waals surface area contributed by atoms with E-state index in [4.69, 9.17) is 11.6 Å². The Morgan fingerprint density at radius 2 is 2.00 bits per heavy atom. The summed E-state index contributed by atoms with van der Waals surface area (Å²) in [5.41, 5.74) is 1.85. The number of hydrogen-bond acceptors (Lipinski definition) is 4. The fourth-order valence-electron chi connectivity index (χ4n) is 2.06. The molecule has 2 aromatic heterocycles. The standard InChI is InChI=1S/C13H17ClN4O2S/c1-8(2)18-10(4)13(9(3)16-18)17-21(19,20)12-7-15-6-5-11(12)14/h5-8,17H,1-4H3. The Balaban J connectivity index is 2.45. The van der Waals surface area contributed by atoms with E-state index in [-0.39, 0.29) is 16.0 Å². The zero-order chi connectivity index (χ0) is 15.8. The highest BCUT2D eigenvalue weighted by molar-refractivity contribution is 7.92. The summed E-state index contributed by atoms with van der Waals surface area (Å²) in [5, 5.41) is 4.48. The Morgan fingerprint density at radius 3 is 2.52 bits per heavy atom. The highest BCUT2D eigenvalue weighted by atomic mass is 35.5. The molecule has 2 heterocycles. The van der Waals surface area contributed by atoms with Crippen LogP contribution in [0, 0.1) is 13.8 Å². The molecular weight excluding hydrogens is 312 g/mol. The monoisotopic (exact) mass is 328 g/mol. The average molecular weight is 329 g/mol. The van der Waals surface area contributed by atoms with Crippen molar-refractivity contribution in [1.29, 1.82) is 0 Å². The lowest BCUT2D eigenvalue weighted by molar-refractivity contribution is 0.516. The second-order valence-corrected chi connectivity index (χ2v) is 7.05. The van der Waals surface area contributed by atoms with E-state index >= 15 is 0 Å². The molecule has 8 heteroatoms. The van der Waals surface area contributed by atoms with Gasteiger partial charge >= 0.3 is 0 Å². The highest BCUT2D eigenvalue weighted by Crippen LogP contribution is 2.27. The number of halogens is 1. The summed E-state index contributed by atoms with van der Waals surface area (Å²) < 4.78 is 29.2. The molecule has 6 nitrogen and oxygen atoms in total. The lowest BCUT2D eigenvalue weighted by Crippen LogP contribution is -2.15. The van der Waals surface area contributed by atoms with Crippen molar-refractivity contribution < 1.29 is 8.42 Å². The van der Waals surface area contributed by atoms with Gasteiger partial charge in [0, 0.05) is 18.4 Å². The minimum Gasteiger partial charge on any atom is -0.276 e. The van der Waals surface area contributed by atoms with Gasteiger partial charge in [-0.3, -0.25) is 14.4 Å². The summed E-state index contributed by atoms with van der Waals surface area (Å²) in [6, 6.07) is 1.58. The molecule has 0 aliphatic carbocycles. The van der Waals surface area contributed by atoms with Crippen LogP contribution in [0.15, 0.2) is 23.4 Å². The van der Waals surface area contributed by atoms with Crippen molar-refractivity contribution >= 4 is 27.3 Å². The number of rotatable bonds is 4. The number of hydrogen-bond donors (Lipinski definition) is 1. The Hall–Kier alpha value is -1.60. The third-order valence-corrected chi connectivity index (χ3v) is 4.89. The van der Waals surface area contributed by atoms with Crippen molar-refractivity contribution in [1.82, 2.24) is 14.8 Å². The van der Waals surface area contributed by atoms with Crippen LogP contribution in [0.5, 0.6) is 0 Å². The average Bonchev–Trinajstić information content (AvgIpc) is 2.67. The van der Waals surface area contributed by atoms with Crippen LogP contribution in [0.4, 0.5) is 5.69 Å². The lowest BCUT2D eigenvalue weighted by atomic mass is 10.3. The molecule has 0 saturated carbocycles. The van der Waals surface area contributed by atoms with Gasteiger partial charge in [0.2, 0.25) is 0 Å². The zero-order valence-corrected chi connectivity index (χ0v) is 13.8. The van der Waals surface area contributed by atoms with E-state index in [1.54, 1.807) is 11.6 Å². The molecule has 0 aliphatic rings. The molecule has 21 heavy (non-hydrogen) atoms. The summed E-state index contributed by atoms with van der Waals surface area (Å²) in [6.07, 6.45) is 2.66. The van der Waals surface area contributed by atoms with Gasteiger partial charge in [-0.2, -0.15) is 5.10 Å². The first-order valence-corrected chi connectivity index (χ1v) is 8.28. The van der Waals surface area contributed by atoms with E-state index in [1.807, 2.05) is 20.8 Å². The third-order valence-electron chi connectivity index (χ3n) is 3.07. The molecule has 0 fully saturated rings. The van der Waals surface area contributed by atoms with Gasteiger partial charge in [0.05, 0.1) is 22.1 Å². The van der Waals surface area contributed by atoms with Crippen molar-refractivity contribution in [2.45, 2.75) is 38.6 Å². The lowest BCUT2D eigenvalue weighted by Gasteiger charge is -2.11. The molecule has 114 valence electrons. The number of aromatic nitrogens is 3. The predicted molar refractivity (Wildman–Crippen MR) is 82.1 cm³/mol. The van der Waals surface area contributed by atoms with Gasteiger partial charge in [-0.15, -0.1) is 0 Å². The summed E-state index contributed by atoms with van der Waals surface area (Å²) in [6.45, 7) is 7.54. The highest BCUT2D eigenvalue weighted by Gasteiger charge is 2.22. The molecular formula is C13H17ClN4O2S.